The van der Waals surface area contributed by atoms with Gasteiger partial charge in [0.2, 0.25) is 0 Å². The van der Waals surface area contributed by atoms with Crippen molar-refractivity contribution in [2.24, 2.45) is 5.92 Å². The summed E-state index contributed by atoms with van der Waals surface area (Å²) in [7, 11) is 1.69. The molecule has 1 atom stereocenters. The molecule has 0 spiro atoms. The number of hydrogen-bond donors (Lipinski definition) is 0. The zero-order chi connectivity index (χ0) is 13.0. The Morgan fingerprint density at radius 2 is 2.24 bits per heavy atom. The molecule has 90 valence electrons. The average Bonchev–Trinajstić information content (AvgIpc) is 2.31. The molecule has 0 saturated heterocycles. The molecule has 0 saturated carbocycles. The lowest BCUT2D eigenvalue weighted by atomic mass is 10.1. The van der Waals surface area contributed by atoms with Gasteiger partial charge in [-0.15, -0.1) is 0 Å². The summed E-state index contributed by atoms with van der Waals surface area (Å²) >= 11 is 5.88. The summed E-state index contributed by atoms with van der Waals surface area (Å²) < 4.78 is 0. The molecule has 0 aliphatic carbocycles. The van der Waals surface area contributed by atoms with Gasteiger partial charge in [0.1, 0.15) is 0 Å². The minimum absolute atomic E-state index is 0.105. The van der Waals surface area contributed by atoms with Crippen LogP contribution in [0.3, 0.4) is 0 Å². The van der Waals surface area contributed by atoms with Crippen molar-refractivity contribution < 1.29 is 4.79 Å². The van der Waals surface area contributed by atoms with Crippen molar-refractivity contribution in [1.29, 1.82) is 5.26 Å². The normalized spacial score (nSPS) is 11.7. The number of aryl methyl sites for hydroxylation is 1. The third kappa shape index (κ3) is 3.47. The maximum atomic E-state index is 12.1. The largest absolute Gasteiger partial charge is 0.340 e. The van der Waals surface area contributed by atoms with Crippen LogP contribution in [0, 0.1) is 24.2 Å². The summed E-state index contributed by atoms with van der Waals surface area (Å²) in [5, 5.41) is 9.27. The molecule has 4 heteroatoms. The summed E-state index contributed by atoms with van der Waals surface area (Å²) in [6, 6.07) is 7.34. The number of carbonyl (C=O) groups excluding carboxylic acids is 1. The fourth-order valence-corrected chi connectivity index (χ4v) is 1.74. The summed E-state index contributed by atoms with van der Waals surface area (Å²) in [6.45, 7) is 4.07. The Morgan fingerprint density at radius 3 is 2.82 bits per heavy atom. The highest BCUT2D eigenvalue weighted by atomic mass is 35.5. The van der Waals surface area contributed by atoms with Crippen molar-refractivity contribution in [1.82, 2.24) is 4.90 Å². The van der Waals surface area contributed by atoms with E-state index in [0.717, 1.165) is 5.56 Å². The lowest BCUT2D eigenvalue weighted by molar-refractivity contribution is 0.0784. The van der Waals surface area contributed by atoms with Crippen LogP contribution in [0.15, 0.2) is 18.2 Å². The monoisotopic (exact) mass is 250 g/mol. The first-order valence-corrected chi connectivity index (χ1v) is 5.74. The second-order valence-corrected chi connectivity index (χ2v) is 4.61. The predicted molar refractivity (Wildman–Crippen MR) is 67.9 cm³/mol. The number of carbonyl (C=O) groups is 1. The van der Waals surface area contributed by atoms with Gasteiger partial charge in [-0.05, 0) is 31.5 Å². The Labute approximate surface area is 107 Å². The standard InChI is InChI=1S/C13H15ClN2O/c1-9(7-15)8-16(3)13(17)12-6-11(14)5-4-10(12)2/h4-6,9H,8H2,1-3H3. The van der Waals surface area contributed by atoms with E-state index in [4.69, 9.17) is 16.9 Å². The van der Waals surface area contributed by atoms with Crippen LogP contribution in [0.2, 0.25) is 5.02 Å². The second kappa shape index (κ2) is 5.70. The number of amides is 1. The third-order valence-electron chi connectivity index (χ3n) is 2.54. The number of nitriles is 1. The molecule has 0 heterocycles. The van der Waals surface area contributed by atoms with Crippen molar-refractivity contribution in [3.05, 3.63) is 34.3 Å². The summed E-state index contributed by atoms with van der Waals surface area (Å²) in [5.74, 6) is -0.282. The lowest BCUT2D eigenvalue weighted by Gasteiger charge is -2.19. The Bertz CT molecular complexity index is 465. The molecule has 0 aromatic heterocycles. The first-order chi connectivity index (χ1) is 7.95. The average molecular weight is 251 g/mol. The molecular formula is C13H15ClN2O. The van der Waals surface area contributed by atoms with E-state index >= 15 is 0 Å². The number of rotatable bonds is 3. The first-order valence-electron chi connectivity index (χ1n) is 5.37. The van der Waals surface area contributed by atoms with Crippen LogP contribution in [-0.2, 0) is 0 Å². The molecule has 3 nitrogen and oxygen atoms in total. The third-order valence-corrected chi connectivity index (χ3v) is 2.78. The minimum Gasteiger partial charge on any atom is -0.340 e. The van der Waals surface area contributed by atoms with Crippen LogP contribution in [0.4, 0.5) is 0 Å². The molecule has 0 bridgehead atoms. The van der Waals surface area contributed by atoms with Crippen LogP contribution in [0.5, 0.6) is 0 Å². The van der Waals surface area contributed by atoms with Gasteiger partial charge in [-0.1, -0.05) is 17.7 Å². The SMILES string of the molecule is Cc1ccc(Cl)cc1C(=O)N(C)CC(C)C#N. The van der Waals surface area contributed by atoms with Gasteiger partial charge < -0.3 is 4.90 Å². The Morgan fingerprint density at radius 1 is 1.59 bits per heavy atom. The van der Waals surface area contributed by atoms with E-state index < -0.39 is 0 Å². The molecule has 1 rings (SSSR count). The van der Waals surface area contributed by atoms with Crippen molar-refractivity contribution in [3.8, 4) is 6.07 Å². The first kappa shape index (κ1) is 13.5. The van der Waals surface area contributed by atoms with Crippen molar-refractivity contribution in [3.63, 3.8) is 0 Å². The molecule has 0 aliphatic heterocycles. The van der Waals surface area contributed by atoms with Crippen molar-refractivity contribution >= 4 is 17.5 Å². The van der Waals surface area contributed by atoms with Gasteiger partial charge in [-0.25, -0.2) is 0 Å². The Balaban J connectivity index is 2.89. The molecule has 1 unspecified atom stereocenters. The molecule has 0 aliphatic rings. The van der Waals surface area contributed by atoms with Gasteiger partial charge in [0.25, 0.3) is 5.91 Å². The number of hydrogen-bond acceptors (Lipinski definition) is 2. The summed E-state index contributed by atoms with van der Waals surface area (Å²) in [6.07, 6.45) is 0. The van der Waals surface area contributed by atoms with Crippen LogP contribution in [0.25, 0.3) is 0 Å². The smallest absolute Gasteiger partial charge is 0.253 e. The van der Waals surface area contributed by atoms with Crippen LogP contribution in [-0.4, -0.2) is 24.4 Å². The van der Waals surface area contributed by atoms with Gasteiger partial charge in [0.05, 0.1) is 12.0 Å². The molecule has 1 amide bonds. The van der Waals surface area contributed by atoms with Gasteiger partial charge in [0.15, 0.2) is 0 Å². The number of nitrogens with zero attached hydrogens (tertiary/aromatic N) is 2. The summed E-state index contributed by atoms with van der Waals surface area (Å²) in [4.78, 5) is 13.7. The lowest BCUT2D eigenvalue weighted by Crippen LogP contribution is -2.31. The topological polar surface area (TPSA) is 44.1 Å². The van der Waals surface area contributed by atoms with E-state index in [-0.39, 0.29) is 11.8 Å². The molecule has 1 aromatic rings. The van der Waals surface area contributed by atoms with E-state index in [0.29, 0.717) is 17.1 Å². The van der Waals surface area contributed by atoms with Gasteiger partial charge >= 0.3 is 0 Å². The van der Waals surface area contributed by atoms with Gasteiger partial charge in [-0.3, -0.25) is 4.79 Å². The minimum atomic E-state index is -0.177. The van der Waals surface area contributed by atoms with E-state index in [9.17, 15) is 4.79 Å². The Kier molecular flexibility index (Phi) is 4.53. The molecule has 0 fully saturated rings. The highest BCUT2D eigenvalue weighted by Crippen LogP contribution is 2.17. The van der Waals surface area contributed by atoms with E-state index in [1.807, 2.05) is 13.0 Å². The second-order valence-electron chi connectivity index (χ2n) is 4.18. The van der Waals surface area contributed by atoms with Crippen molar-refractivity contribution in [2.75, 3.05) is 13.6 Å². The van der Waals surface area contributed by atoms with Crippen LogP contribution < -0.4 is 0 Å². The Hall–Kier alpha value is -1.53. The van der Waals surface area contributed by atoms with Crippen LogP contribution in [0.1, 0.15) is 22.8 Å². The van der Waals surface area contributed by atoms with E-state index in [1.54, 1.807) is 31.0 Å². The zero-order valence-corrected chi connectivity index (χ0v) is 11.0. The fraction of sp³-hybridized carbons (Fsp3) is 0.385. The highest BCUT2D eigenvalue weighted by molar-refractivity contribution is 6.31. The van der Waals surface area contributed by atoms with Crippen molar-refractivity contribution in [2.45, 2.75) is 13.8 Å². The quantitative estimate of drug-likeness (QED) is 0.828. The van der Waals surface area contributed by atoms with Gasteiger partial charge in [-0.2, -0.15) is 5.26 Å². The molecule has 1 aromatic carbocycles. The maximum absolute atomic E-state index is 12.1. The molecule has 17 heavy (non-hydrogen) atoms. The zero-order valence-electron chi connectivity index (χ0n) is 10.2. The highest BCUT2D eigenvalue weighted by Gasteiger charge is 2.16. The maximum Gasteiger partial charge on any atom is 0.253 e. The number of benzene rings is 1. The van der Waals surface area contributed by atoms with E-state index in [1.165, 1.54) is 0 Å². The van der Waals surface area contributed by atoms with Gasteiger partial charge in [0, 0.05) is 24.2 Å². The fourth-order valence-electron chi connectivity index (χ4n) is 1.56. The molecule has 0 N–H and O–H groups in total. The molecular weight excluding hydrogens is 236 g/mol. The van der Waals surface area contributed by atoms with Crippen LogP contribution >= 0.6 is 11.6 Å². The van der Waals surface area contributed by atoms with E-state index in [2.05, 4.69) is 6.07 Å². The predicted octanol–water partition coefficient (Wildman–Crippen LogP) is 2.88. The number of halogens is 1. The molecule has 0 radical (unpaired) electrons. The summed E-state index contributed by atoms with van der Waals surface area (Å²) in [5.41, 5.74) is 1.47.